The van der Waals surface area contributed by atoms with Crippen LogP contribution >= 0.6 is 0 Å². The van der Waals surface area contributed by atoms with E-state index in [0.717, 1.165) is 5.56 Å². The Morgan fingerprint density at radius 3 is 2.70 bits per heavy atom. The van der Waals surface area contributed by atoms with Gasteiger partial charge >= 0.3 is 0 Å². The van der Waals surface area contributed by atoms with Crippen molar-refractivity contribution >= 4 is 17.7 Å². The summed E-state index contributed by atoms with van der Waals surface area (Å²) in [5.41, 5.74) is 2.27. The predicted molar refractivity (Wildman–Crippen MR) is 105 cm³/mol. The molecule has 0 aliphatic rings. The van der Waals surface area contributed by atoms with Gasteiger partial charge in [0.2, 0.25) is 0 Å². The first kappa shape index (κ1) is 19.6. The van der Waals surface area contributed by atoms with Crippen molar-refractivity contribution in [3.05, 3.63) is 59.2 Å². The normalized spacial score (nSPS) is 10.4. The van der Waals surface area contributed by atoms with Crippen LogP contribution in [0.5, 0.6) is 11.5 Å². The number of nitrogens with one attached hydrogen (secondary N) is 1. The SMILES string of the molecule is C#CCOc1ccc(/C=C(\C#N)C(=O)Nc2cccc(C)c2)cc1OCC. The smallest absolute Gasteiger partial charge is 0.266 e. The molecule has 0 unspecified atom stereocenters. The molecule has 0 atom stereocenters. The van der Waals surface area contributed by atoms with Gasteiger partial charge in [-0.05, 0) is 55.3 Å². The molecule has 0 fully saturated rings. The molecule has 1 N–H and O–H groups in total. The highest BCUT2D eigenvalue weighted by Crippen LogP contribution is 2.29. The van der Waals surface area contributed by atoms with Crippen LogP contribution in [0, 0.1) is 30.6 Å². The lowest BCUT2D eigenvalue weighted by atomic mass is 10.1. The van der Waals surface area contributed by atoms with Gasteiger partial charge in [-0.3, -0.25) is 4.79 Å². The standard InChI is InChI=1S/C22H20N2O3/c1-4-11-27-20-10-9-17(14-21(20)26-5-2)13-18(15-23)22(25)24-19-8-6-7-16(3)12-19/h1,6-10,12-14H,5,11H2,2-3H3,(H,24,25)/b18-13+. The van der Waals surface area contributed by atoms with E-state index >= 15 is 0 Å². The lowest BCUT2D eigenvalue weighted by Crippen LogP contribution is -2.13. The highest BCUT2D eigenvalue weighted by molar-refractivity contribution is 6.09. The van der Waals surface area contributed by atoms with Crippen molar-refractivity contribution in [2.45, 2.75) is 13.8 Å². The van der Waals surface area contributed by atoms with Gasteiger partial charge in [-0.2, -0.15) is 5.26 Å². The number of aryl methyl sites for hydroxylation is 1. The fourth-order valence-corrected chi connectivity index (χ4v) is 2.36. The summed E-state index contributed by atoms with van der Waals surface area (Å²) in [7, 11) is 0. The number of terminal acetylenes is 1. The van der Waals surface area contributed by atoms with Gasteiger partial charge in [0.25, 0.3) is 5.91 Å². The first-order chi connectivity index (χ1) is 13.1. The van der Waals surface area contributed by atoms with Crippen LogP contribution in [-0.2, 0) is 4.79 Å². The van der Waals surface area contributed by atoms with E-state index < -0.39 is 5.91 Å². The first-order valence-electron chi connectivity index (χ1n) is 8.40. The number of anilines is 1. The van der Waals surface area contributed by atoms with Gasteiger partial charge in [-0.1, -0.05) is 24.1 Å². The van der Waals surface area contributed by atoms with Gasteiger partial charge < -0.3 is 14.8 Å². The van der Waals surface area contributed by atoms with E-state index in [1.807, 2.05) is 38.1 Å². The van der Waals surface area contributed by atoms with E-state index in [-0.39, 0.29) is 12.2 Å². The van der Waals surface area contributed by atoms with E-state index in [2.05, 4.69) is 11.2 Å². The Bertz CT molecular complexity index is 933. The van der Waals surface area contributed by atoms with Crippen LogP contribution < -0.4 is 14.8 Å². The fourth-order valence-electron chi connectivity index (χ4n) is 2.36. The number of nitriles is 1. The first-order valence-corrected chi connectivity index (χ1v) is 8.40. The van der Waals surface area contributed by atoms with Gasteiger partial charge in [-0.25, -0.2) is 0 Å². The summed E-state index contributed by atoms with van der Waals surface area (Å²) < 4.78 is 11.0. The summed E-state index contributed by atoms with van der Waals surface area (Å²) in [6, 6.07) is 14.4. The monoisotopic (exact) mass is 360 g/mol. The highest BCUT2D eigenvalue weighted by Gasteiger charge is 2.11. The second-order valence-electron chi connectivity index (χ2n) is 5.63. The third-order valence-corrected chi connectivity index (χ3v) is 3.53. The Hall–Kier alpha value is -3.70. The van der Waals surface area contributed by atoms with E-state index in [0.29, 0.717) is 29.4 Å². The van der Waals surface area contributed by atoms with E-state index in [9.17, 15) is 10.1 Å². The Kier molecular flexibility index (Phi) is 7.05. The minimum Gasteiger partial charge on any atom is -0.490 e. The molecule has 0 heterocycles. The molecular formula is C22H20N2O3. The second-order valence-corrected chi connectivity index (χ2v) is 5.63. The van der Waals surface area contributed by atoms with Crippen LogP contribution in [0.2, 0.25) is 0 Å². The lowest BCUT2D eigenvalue weighted by molar-refractivity contribution is -0.112. The minimum absolute atomic E-state index is 0.0174. The van der Waals surface area contributed by atoms with Crippen LogP contribution in [0.1, 0.15) is 18.1 Å². The maximum Gasteiger partial charge on any atom is 0.266 e. The third-order valence-electron chi connectivity index (χ3n) is 3.53. The summed E-state index contributed by atoms with van der Waals surface area (Å²) in [5, 5.41) is 12.1. The Morgan fingerprint density at radius 1 is 1.22 bits per heavy atom. The van der Waals surface area contributed by atoms with Gasteiger partial charge in [0, 0.05) is 5.69 Å². The number of rotatable bonds is 7. The van der Waals surface area contributed by atoms with Crippen molar-refractivity contribution in [1.82, 2.24) is 0 Å². The number of hydrogen-bond donors (Lipinski definition) is 1. The summed E-state index contributed by atoms with van der Waals surface area (Å²) in [4.78, 5) is 12.4. The minimum atomic E-state index is -0.478. The molecule has 0 aliphatic heterocycles. The molecule has 0 saturated heterocycles. The number of benzene rings is 2. The van der Waals surface area contributed by atoms with Crippen molar-refractivity contribution < 1.29 is 14.3 Å². The Morgan fingerprint density at radius 2 is 2.04 bits per heavy atom. The predicted octanol–water partition coefficient (Wildman–Crippen LogP) is 3.95. The van der Waals surface area contributed by atoms with Crippen molar-refractivity contribution in [2.75, 3.05) is 18.5 Å². The number of nitrogens with zero attached hydrogens (tertiary/aromatic N) is 1. The average Bonchev–Trinajstić information content (AvgIpc) is 2.65. The van der Waals surface area contributed by atoms with E-state index in [4.69, 9.17) is 15.9 Å². The second kappa shape index (κ2) is 9.70. The zero-order valence-corrected chi connectivity index (χ0v) is 15.3. The number of carbonyl (C=O) groups excluding carboxylic acids is 1. The largest absolute Gasteiger partial charge is 0.490 e. The van der Waals surface area contributed by atoms with Gasteiger partial charge in [0.1, 0.15) is 18.2 Å². The molecule has 1 amide bonds. The van der Waals surface area contributed by atoms with Crippen molar-refractivity contribution in [2.24, 2.45) is 0 Å². The molecule has 0 bridgehead atoms. The highest BCUT2D eigenvalue weighted by atomic mass is 16.5. The topological polar surface area (TPSA) is 71.3 Å². The molecule has 0 spiro atoms. The summed E-state index contributed by atoms with van der Waals surface area (Å²) in [6.45, 7) is 4.34. The Balaban J connectivity index is 2.25. The zero-order valence-electron chi connectivity index (χ0n) is 15.3. The van der Waals surface area contributed by atoms with Crippen LogP contribution in [0.25, 0.3) is 6.08 Å². The number of amides is 1. The van der Waals surface area contributed by atoms with Gasteiger partial charge in [0.05, 0.1) is 6.61 Å². The molecule has 0 radical (unpaired) electrons. The maximum absolute atomic E-state index is 12.4. The van der Waals surface area contributed by atoms with E-state index in [1.165, 1.54) is 6.08 Å². The molecule has 27 heavy (non-hydrogen) atoms. The number of carbonyl (C=O) groups is 1. The van der Waals surface area contributed by atoms with Crippen LogP contribution in [0.3, 0.4) is 0 Å². The van der Waals surface area contributed by atoms with Crippen LogP contribution in [0.4, 0.5) is 5.69 Å². The molecule has 2 aromatic carbocycles. The van der Waals surface area contributed by atoms with Crippen LogP contribution in [-0.4, -0.2) is 19.1 Å². The number of ether oxygens (including phenoxy) is 2. The Labute approximate surface area is 159 Å². The van der Waals surface area contributed by atoms with Crippen molar-refractivity contribution in [3.8, 4) is 29.9 Å². The molecule has 2 rings (SSSR count). The zero-order chi connectivity index (χ0) is 19.6. The molecule has 0 saturated carbocycles. The molecule has 0 aliphatic carbocycles. The van der Waals surface area contributed by atoms with E-state index in [1.54, 1.807) is 24.3 Å². The molecule has 136 valence electrons. The van der Waals surface area contributed by atoms with Crippen molar-refractivity contribution in [1.29, 1.82) is 5.26 Å². The van der Waals surface area contributed by atoms with Gasteiger partial charge in [-0.15, -0.1) is 6.42 Å². The average molecular weight is 360 g/mol. The van der Waals surface area contributed by atoms with Gasteiger partial charge in [0.15, 0.2) is 11.5 Å². The molecule has 0 aromatic heterocycles. The lowest BCUT2D eigenvalue weighted by Gasteiger charge is -2.11. The molecular weight excluding hydrogens is 340 g/mol. The summed E-state index contributed by atoms with van der Waals surface area (Å²) in [6.07, 6.45) is 6.71. The van der Waals surface area contributed by atoms with Crippen molar-refractivity contribution in [3.63, 3.8) is 0 Å². The number of hydrogen-bond acceptors (Lipinski definition) is 4. The summed E-state index contributed by atoms with van der Waals surface area (Å²) in [5.74, 6) is 2.93. The fraction of sp³-hybridized carbons (Fsp3) is 0.182. The quantitative estimate of drug-likeness (QED) is 0.461. The van der Waals surface area contributed by atoms with Crippen LogP contribution in [0.15, 0.2) is 48.0 Å². The maximum atomic E-state index is 12.4. The third kappa shape index (κ3) is 5.66. The summed E-state index contributed by atoms with van der Waals surface area (Å²) >= 11 is 0. The molecule has 5 heteroatoms. The molecule has 5 nitrogen and oxygen atoms in total. The molecule has 2 aromatic rings.